The summed E-state index contributed by atoms with van der Waals surface area (Å²) in [5.41, 5.74) is 4.24. The van der Waals surface area contributed by atoms with E-state index in [0.29, 0.717) is 11.3 Å². The van der Waals surface area contributed by atoms with E-state index in [-0.39, 0.29) is 41.6 Å². The van der Waals surface area contributed by atoms with Crippen LogP contribution in [-0.2, 0) is 14.3 Å². The first-order chi connectivity index (χ1) is 19.5. The molecular formula is C30H48ClFN4O6. The van der Waals surface area contributed by atoms with Crippen molar-refractivity contribution in [2.24, 2.45) is 17.6 Å². The number of amides is 1. The van der Waals surface area contributed by atoms with Crippen molar-refractivity contribution >= 4 is 40.5 Å². The van der Waals surface area contributed by atoms with Gasteiger partial charge < -0.3 is 24.9 Å². The number of nitrogens with zero attached hydrogens (tertiary/aromatic N) is 2. The second kappa shape index (κ2) is 17.7. The maximum absolute atomic E-state index is 15.0. The fourth-order valence-electron chi connectivity index (χ4n) is 3.95. The number of nitrogens with one attached hydrogen (secondary N) is 1. The Morgan fingerprint density at radius 1 is 1.21 bits per heavy atom. The predicted molar refractivity (Wildman–Crippen MR) is 166 cm³/mol. The second-order valence-electron chi connectivity index (χ2n) is 10.5. The van der Waals surface area contributed by atoms with Crippen LogP contribution in [0.3, 0.4) is 0 Å². The molecule has 0 spiro atoms. The molecular weight excluding hydrogens is 567 g/mol. The third-order valence-electron chi connectivity index (χ3n) is 5.91. The number of rotatable bonds is 9. The summed E-state index contributed by atoms with van der Waals surface area (Å²) in [5, 5.41) is -0.540. The molecule has 2 aromatic rings. The van der Waals surface area contributed by atoms with Crippen molar-refractivity contribution in [1.29, 1.82) is 0 Å². The van der Waals surface area contributed by atoms with Gasteiger partial charge in [0.05, 0.1) is 7.11 Å². The Bertz CT molecular complexity index is 1260. The number of nitrogens with two attached hydrogens (primary N) is 1. The molecule has 0 saturated heterocycles. The number of ether oxygens (including phenoxy) is 3. The van der Waals surface area contributed by atoms with Crippen LogP contribution in [0.25, 0.3) is 16.8 Å². The molecule has 0 fully saturated rings. The van der Waals surface area contributed by atoms with Crippen molar-refractivity contribution in [1.82, 2.24) is 14.9 Å². The minimum absolute atomic E-state index is 0.0111. The number of halogens is 2. The summed E-state index contributed by atoms with van der Waals surface area (Å²) < 4.78 is 31.3. The third kappa shape index (κ3) is 10.9. The van der Waals surface area contributed by atoms with E-state index in [0.717, 1.165) is 6.54 Å². The predicted octanol–water partition coefficient (Wildman–Crippen LogP) is 6.11. The van der Waals surface area contributed by atoms with Crippen LogP contribution < -0.4 is 16.0 Å². The Kier molecular flexibility index (Phi) is 16.4. The molecule has 12 heteroatoms. The smallest absolute Gasteiger partial charge is 0.410 e. The number of aryl methyl sites for hydroxylation is 1. The molecule has 1 amide bonds. The molecule has 0 aliphatic carbocycles. The topological polar surface area (TPSA) is 137 Å². The lowest BCUT2D eigenvalue weighted by Crippen LogP contribution is -2.46. The summed E-state index contributed by atoms with van der Waals surface area (Å²) in [6.45, 7) is 22.4. The Balaban J connectivity index is 0.00000315. The average Bonchev–Trinajstić information content (AvgIpc) is 2.90. The summed E-state index contributed by atoms with van der Waals surface area (Å²) in [5.74, 6) is -1.99. The molecule has 3 N–H and O–H groups in total. The van der Waals surface area contributed by atoms with E-state index in [1.165, 1.54) is 18.1 Å². The van der Waals surface area contributed by atoms with E-state index >= 15 is 0 Å². The number of pyridine rings is 2. The molecule has 0 aromatic carbocycles. The average molecular weight is 615 g/mol. The first-order valence-electron chi connectivity index (χ1n) is 14.0. The van der Waals surface area contributed by atoms with Gasteiger partial charge in [-0.3, -0.25) is 14.5 Å². The number of carbonyl (C=O) groups excluding carboxylic acids is 2. The van der Waals surface area contributed by atoms with Crippen molar-refractivity contribution in [2.75, 3.05) is 26.7 Å². The largest absolute Gasteiger partial charge is 0.474 e. The molecule has 0 radical (unpaired) electrons. The van der Waals surface area contributed by atoms with Crippen molar-refractivity contribution in [3.8, 4) is 5.88 Å². The van der Waals surface area contributed by atoms with E-state index in [2.05, 4.69) is 16.5 Å². The number of H-pyrrole nitrogens is 1. The zero-order valence-corrected chi connectivity index (χ0v) is 27.6. The van der Waals surface area contributed by atoms with Gasteiger partial charge in [0.25, 0.3) is 5.56 Å². The zero-order valence-electron chi connectivity index (χ0n) is 26.8. The van der Waals surface area contributed by atoms with E-state index in [9.17, 15) is 18.8 Å². The van der Waals surface area contributed by atoms with Gasteiger partial charge in [-0.2, -0.15) is 4.98 Å². The van der Waals surface area contributed by atoms with Crippen LogP contribution in [0.1, 0.15) is 73.6 Å². The number of carbonyl (C=O) groups is 2. The third-order valence-corrected chi connectivity index (χ3v) is 6.16. The molecule has 42 heavy (non-hydrogen) atoms. The maximum atomic E-state index is 15.0. The van der Waals surface area contributed by atoms with Gasteiger partial charge in [-0.25, -0.2) is 9.18 Å². The summed E-state index contributed by atoms with van der Waals surface area (Å²) in [7, 11) is 1.23. The molecule has 0 aliphatic rings. The van der Waals surface area contributed by atoms with E-state index in [1.807, 2.05) is 34.6 Å². The number of hydrogen-bond acceptors (Lipinski definition) is 8. The van der Waals surface area contributed by atoms with Crippen molar-refractivity contribution in [3.05, 3.63) is 39.2 Å². The minimum atomic E-state index is -0.835. The van der Waals surface area contributed by atoms with Gasteiger partial charge in [0.15, 0.2) is 11.0 Å². The van der Waals surface area contributed by atoms with Crippen LogP contribution in [0.5, 0.6) is 5.88 Å². The molecule has 0 aliphatic heterocycles. The maximum Gasteiger partial charge on any atom is 0.410 e. The number of hydrogen-bond donors (Lipinski definition) is 2. The van der Waals surface area contributed by atoms with Crippen molar-refractivity contribution < 1.29 is 28.2 Å². The Morgan fingerprint density at radius 3 is 2.21 bits per heavy atom. The second-order valence-corrected chi connectivity index (χ2v) is 10.9. The van der Waals surface area contributed by atoms with E-state index < -0.39 is 40.3 Å². The van der Waals surface area contributed by atoms with Gasteiger partial charge in [-0.05, 0) is 58.7 Å². The lowest BCUT2D eigenvalue weighted by molar-refractivity contribution is -0.142. The number of esters is 1. The summed E-state index contributed by atoms with van der Waals surface area (Å²) in [4.78, 5) is 45.7. The van der Waals surface area contributed by atoms with Crippen molar-refractivity contribution in [2.45, 2.75) is 80.9 Å². The van der Waals surface area contributed by atoms with Crippen LogP contribution in [0, 0.1) is 24.6 Å². The zero-order chi connectivity index (χ0) is 32.9. The molecule has 238 valence electrons. The molecule has 0 saturated carbocycles. The van der Waals surface area contributed by atoms with Crippen LogP contribution in [0.4, 0.5) is 9.18 Å². The van der Waals surface area contributed by atoms with Crippen LogP contribution >= 0.6 is 11.6 Å². The van der Waals surface area contributed by atoms with Crippen LogP contribution in [-0.4, -0.2) is 65.4 Å². The number of fused-ring (bicyclic) bond motifs is 1. The standard InChI is InChI=1S/C26H35ClFN3O6.C2H7N.C2H6/c1-10-17-14(4)19-20(23(33)29-17)24(30-22(27)21(19)28)36-15(5)16(13(2)3)11-31(12-18(32)35-9)25(34)37-26(6,7)8;1-2-3;1-2/h10,13,15-16H,1,11-12H2,2-9H3,(H,29,33);2-3H2,1H3;1-2H3/t15-,16?;;/m0../s1. The first kappa shape index (κ1) is 38.8. The monoisotopic (exact) mass is 614 g/mol. The lowest BCUT2D eigenvalue weighted by atomic mass is 9.90. The van der Waals surface area contributed by atoms with Gasteiger partial charge in [-0.1, -0.05) is 52.8 Å². The number of aromatic nitrogens is 2. The van der Waals surface area contributed by atoms with Gasteiger partial charge in [-0.15, -0.1) is 0 Å². The molecule has 2 atom stereocenters. The molecule has 0 bridgehead atoms. The van der Waals surface area contributed by atoms with E-state index in [1.54, 1.807) is 34.6 Å². The summed E-state index contributed by atoms with van der Waals surface area (Å²) in [6, 6.07) is 0. The first-order valence-corrected chi connectivity index (χ1v) is 14.4. The highest BCUT2D eigenvalue weighted by molar-refractivity contribution is 6.30. The minimum Gasteiger partial charge on any atom is -0.474 e. The lowest BCUT2D eigenvalue weighted by Gasteiger charge is -2.34. The van der Waals surface area contributed by atoms with Gasteiger partial charge >= 0.3 is 12.1 Å². The molecule has 2 heterocycles. The summed E-state index contributed by atoms with van der Waals surface area (Å²) >= 11 is 6.07. The van der Waals surface area contributed by atoms with Crippen molar-refractivity contribution in [3.63, 3.8) is 0 Å². The Labute approximate surface area is 253 Å². The Hall–Kier alpha value is -3.18. The normalized spacial score (nSPS) is 12.3. The van der Waals surface area contributed by atoms with Crippen LogP contribution in [0.15, 0.2) is 11.4 Å². The fourth-order valence-corrected chi connectivity index (χ4v) is 4.12. The van der Waals surface area contributed by atoms with Gasteiger partial charge in [0, 0.05) is 23.5 Å². The highest BCUT2D eigenvalue weighted by Crippen LogP contribution is 2.33. The van der Waals surface area contributed by atoms with E-state index in [4.69, 9.17) is 31.5 Å². The highest BCUT2D eigenvalue weighted by Gasteiger charge is 2.32. The number of methoxy groups -OCH3 is 1. The molecule has 1 unspecified atom stereocenters. The SMILES string of the molecule is C=Cc1[nH]c(=O)c2c(O[C@@H](C)C(CN(CC(=O)OC)C(=O)OC(C)(C)C)C(C)C)nc(Cl)c(F)c2c1C.CC.CCN. The molecule has 10 nitrogen and oxygen atoms in total. The summed E-state index contributed by atoms with van der Waals surface area (Å²) in [6.07, 6.45) is 0.0841. The molecule has 2 rings (SSSR count). The van der Waals surface area contributed by atoms with Gasteiger partial charge in [0.2, 0.25) is 5.88 Å². The van der Waals surface area contributed by atoms with Crippen LogP contribution in [0.2, 0.25) is 5.15 Å². The molecule has 2 aromatic heterocycles. The number of aromatic amines is 1. The quantitative estimate of drug-likeness (QED) is 0.255. The fraction of sp³-hybridized carbons (Fsp3) is 0.600. The highest BCUT2D eigenvalue weighted by atomic mass is 35.5. The van der Waals surface area contributed by atoms with Gasteiger partial charge in [0.1, 0.15) is 23.6 Å². The Morgan fingerprint density at radius 2 is 1.76 bits per heavy atom.